The van der Waals surface area contributed by atoms with Crippen LogP contribution in [0.1, 0.15) is 19.4 Å². The minimum Gasteiger partial charge on any atom is -0.495 e. The molecule has 0 aromatic heterocycles. The maximum Gasteiger partial charge on any atom is 0.246 e. The van der Waals surface area contributed by atoms with E-state index < -0.39 is 10.0 Å². The summed E-state index contributed by atoms with van der Waals surface area (Å²) in [6.07, 6.45) is 0. The van der Waals surface area contributed by atoms with Gasteiger partial charge in [0.15, 0.2) is 0 Å². The molecule has 0 fully saturated rings. The van der Waals surface area contributed by atoms with Crippen molar-refractivity contribution in [2.24, 2.45) is 0 Å². The molecule has 5 heteroatoms. The van der Waals surface area contributed by atoms with Crippen LogP contribution in [0.5, 0.6) is 5.75 Å². The number of hydrogen-bond donors (Lipinski definition) is 0. The summed E-state index contributed by atoms with van der Waals surface area (Å²) in [5, 5.41) is 0. The predicted molar refractivity (Wildman–Crippen MR) is 67.8 cm³/mol. The molecule has 0 saturated carbocycles. The van der Waals surface area contributed by atoms with E-state index in [9.17, 15) is 8.42 Å². The van der Waals surface area contributed by atoms with Gasteiger partial charge >= 0.3 is 0 Å². The summed E-state index contributed by atoms with van der Waals surface area (Å²) >= 11 is 0. The third-order valence-corrected chi connectivity index (χ3v) is 4.71. The van der Waals surface area contributed by atoms with Gasteiger partial charge in [-0.15, -0.1) is 0 Å². The Kier molecular flexibility index (Phi) is 4.54. The normalized spacial score (nSPS) is 11.8. The first-order chi connectivity index (χ1) is 7.97. The van der Waals surface area contributed by atoms with Crippen molar-refractivity contribution in [2.75, 3.05) is 20.2 Å². The van der Waals surface area contributed by atoms with Crippen LogP contribution in [0.3, 0.4) is 0 Å². The smallest absolute Gasteiger partial charge is 0.246 e. The van der Waals surface area contributed by atoms with Crippen LogP contribution in [-0.4, -0.2) is 32.9 Å². The Morgan fingerprint density at radius 1 is 1.24 bits per heavy atom. The van der Waals surface area contributed by atoms with Crippen LogP contribution in [0.25, 0.3) is 0 Å². The summed E-state index contributed by atoms with van der Waals surface area (Å²) in [5.41, 5.74) is 0.900. The summed E-state index contributed by atoms with van der Waals surface area (Å²) in [7, 11) is -1.98. The van der Waals surface area contributed by atoms with Gasteiger partial charge in [0.1, 0.15) is 10.6 Å². The number of rotatable bonds is 5. The largest absolute Gasteiger partial charge is 0.495 e. The van der Waals surface area contributed by atoms with E-state index in [1.165, 1.54) is 11.4 Å². The minimum atomic E-state index is -3.46. The molecule has 1 aromatic rings. The van der Waals surface area contributed by atoms with Gasteiger partial charge in [-0.3, -0.25) is 0 Å². The molecule has 0 unspecified atom stereocenters. The fourth-order valence-electron chi connectivity index (χ4n) is 1.69. The summed E-state index contributed by atoms with van der Waals surface area (Å²) in [5.74, 6) is 0.391. The van der Waals surface area contributed by atoms with E-state index >= 15 is 0 Å². The molecule has 0 aliphatic rings. The van der Waals surface area contributed by atoms with E-state index in [-0.39, 0.29) is 4.90 Å². The van der Waals surface area contributed by atoms with Crippen molar-refractivity contribution in [1.29, 1.82) is 0 Å². The molecular formula is C12H19NO3S. The highest BCUT2D eigenvalue weighted by molar-refractivity contribution is 7.89. The Morgan fingerprint density at radius 3 is 2.29 bits per heavy atom. The molecule has 0 spiro atoms. The van der Waals surface area contributed by atoms with Crippen molar-refractivity contribution in [3.63, 3.8) is 0 Å². The maximum atomic E-state index is 12.4. The highest BCUT2D eigenvalue weighted by Gasteiger charge is 2.25. The molecule has 0 atom stereocenters. The van der Waals surface area contributed by atoms with Gasteiger partial charge < -0.3 is 4.74 Å². The number of methoxy groups -OCH3 is 1. The summed E-state index contributed by atoms with van der Waals surface area (Å²) < 4.78 is 31.3. The maximum absolute atomic E-state index is 12.4. The van der Waals surface area contributed by atoms with Crippen molar-refractivity contribution in [1.82, 2.24) is 4.31 Å². The van der Waals surface area contributed by atoms with Crippen LogP contribution in [0, 0.1) is 6.92 Å². The molecule has 1 rings (SSSR count). The second-order valence-corrected chi connectivity index (χ2v) is 5.65. The van der Waals surface area contributed by atoms with E-state index in [1.807, 2.05) is 26.8 Å². The minimum absolute atomic E-state index is 0.240. The third-order valence-electron chi connectivity index (χ3n) is 2.64. The van der Waals surface area contributed by atoms with Crippen molar-refractivity contribution in [2.45, 2.75) is 25.7 Å². The lowest BCUT2D eigenvalue weighted by Crippen LogP contribution is -2.30. The Labute approximate surface area is 103 Å². The van der Waals surface area contributed by atoms with Crippen LogP contribution >= 0.6 is 0 Å². The van der Waals surface area contributed by atoms with E-state index in [0.29, 0.717) is 18.8 Å². The lowest BCUT2D eigenvalue weighted by atomic mass is 10.2. The van der Waals surface area contributed by atoms with Crippen LogP contribution in [0.2, 0.25) is 0 Å². The Hall–Kier alpha value is -1.07. The number of sulfonamides is 1. The molecule has 0 N–H and O–H groups in total. The number of ether oxygens (including phenoxy) is 1. The average molecular weight is 257 g/mol. The van der Waals surface area contributed by atoms with Crippen LogP contribution in [0.4, 0.5) is 0 Å². The quantitative estimate of drug-likeness (QED) is 0.811. The zero-order valence-corrected chi connectivity index (χ0v) is 11.5. The molecule has 4 nitrogen and oxygen atoms in total. The van der Waals surface area contributed by atoms with Gasteiger partial charge in [-0.1, -0.05) is 19.9 Å². The Balaban J connectivity index is 3.36. The van der Waals surface area contributed by atoms with Gasteiger partial charge in [-0.2, -0.15) is 4.31 Å². The Morgan fingerprint density at radius 2 is 1.82 bits per heavy atom. The molecule has 96 valence electrons. The molecule has 0 heterocycles. The molecule has 0 aliphatic carbocycles. The molecular weight excluding hydrogens is 238 g/mol. The van der Waals surface area contributed by atoms with E-state index in [2.05, 4.69) is 0 Å². The fourth-order valence-corrected chi connectivity index (χ4v) is 3.39. The first-order valence-electron chi connectivity index (χ1n) is 5.62. The fraction of sp³-hybridized carbons (Fsp3) is 0.500. The molecule has 0 radical (unpaired) electrons. The first kappa shape index (κ1) is 14.0. The lowest BCUT2D eigenvalue weighted by Gasteiger charge is -2.20. The Bertz CT molecular complexity index is 479. The highest BCUT2D eigenvalue weighted by atomic mass is 32.2. The highest BCUT2D eigenvalue weighted by Crippen LogP contribution is 2.27. The predicted octanol–water partition coefficient (Wildman–Crippen LogP) is 2.03. The standard InChI is InChI=1S/C12H19NO3S/c1-5-13(6-2)17(14,15)12-9-10(3)7-8-11(12)16-4/h7-9H,5-6H2,1-4H3. The van der Waals surface area contributed by atoms with Crippen molar-refractivity contribution in [3.8, 4) is 5.75 Å². The van der Waals surface area contributed by atoms with Crippen LogP contribution < -0.4 is 4.74 Å². The SMILES string of the molecule is CCN(CC)S(=O)(=O)c1cc(C)ccc1OC. The van der Waals surface area contributed by atoms with Gasteiger partial charge in [-0.25, -0.2) is 8.42 Å². The summed E-state index contributed by atoms with van der Waals surface area (Å²) in [6, 6.07) is 5.16. The second-order valence-electron chi connectivity index (χ2n) is 3.74. The van der Waals surface area contributed by atoms with Gasteiger partial charge in [0.05, 0.1) is 7.11 Å². The monoisotopic (exact) mass is 257 g/mol. The molecule has 0 bridgehead atoms. The summed E-state index contributed by atoms with van der Waals surface area (Å²) in [6.45, 7) is 6.42. The van der Waals surface area contributed by atoms with Crippen LogP contribution in [-0.2, 0) is 10.0 Å². The topological polar surface area (TPSA) is 46.6 Å². The van der Waals surface area contributed by atoms with Crippen molar-refractivity contribution >= 4 is 10.0 Å². The number of hydrogen-bond acceptors (Lipinski definition) is 3. The first-order valence-corrected chi connectivity index (χ1v) is 7.06. The van der Waals surface area contributed by atoms with Gasteiger partial charge in [-0.05, 0) is 24.6 Å². The number of benzene rings is 1. The van der Waals surface area contributed by atoms with Gasteiger partial charge in [0, 0.05) is 13.1 Å². The molecule has 0 aliphatic heterocycles. The zero-order chi connectivity index (χ0) is 13.1. The van der Waals surface area contributed by atoms with E-state index in [1.54, 1.807) is 12.1 Å². The van der Waals surface area contributed by atoms with Gasteiger partial charge in [0.25, 0.3) is 0 Å². The molecule has 17 heavy (non-hydrogen) atoms. The van der Waals surface area contributed by atoms with Crippen molar-refractivity contribution < 1.29 is 13.2 Å². The zero-order valence-electron chi connectivity index (χ0n) is 10.7. The van der Waals surface area contributed by atoms with E-state index in [4.69, 9.17) is 4.74 Å². The second kappa shape index (κ2) is 5.51. The molecule has 0 amide bonds. The number of nitrogens with zero attached hydrogens (tertiary/aromatic N) is 1. The van der Waals surface area contributed by atoms with Crippen LogP contribution in [0.15, 0.2) is 23.1 Å². The molecule has 0 saturated heterocycles. The van der Waals surface area contributed by atoms with Gasteiger partial charge in [0.2, 0.25) is 10.0 Å². The van der Waals surface area contributed by atoms with Crippen molar-refractivity contribution in [3.05, 3.63) is 23.8 Å². The number of aryl methyl sites for hydroxylation is 1. The van der Waals surface area contributed by atoms with E-state index in [0.717, 1.165) is 5.56 Å². The molecule has 1 aromatic carbocycles. The average Bonchev–Trinajstić information content (AvgIpc) is 2.30. The third kappa shape index (κ3) is 2.79. The summed E-state index contributed by atoms with van der Waals surface area (Å²) in [4.78, 5) is 0.240. The lowest BCUT2D eigenvalue weighted by molar-refractivity contribution is 0.395.